The number of amidine groups is 1. The Bertz CT molecular complexity index is 1590. The maximum Gasteiger partial charge on any atom is 0.326 e. The van der Waals surface area contributed by atoms with Crippen LogP contribution in [0.1, 0.15) is 65.6 Å². The van der Waals surface area contributed by atoms with Crippen LogP contribution in [0.3, 0.4) is 0 Å². The predicted octanol–water partition coefficient (Wildman–Crippen LogP) is 4.73. The Morgan fingerprint density at radius 2 is 1.88 bits per heavy atom. The smallest absolute Gasteiger partial charge is 0.326 e. The van der Waals surface area contributed by atoms with Gasteiger partial charge in [-0.25, -0.2) is 9.17 Å². The topological polar surface area (TPSA) is 142 Å². The fraction of sp³-hybridized carbons (Fsp3) is 0.333. The van der Waals surface area contributed by atoms with Crippen LogP contribution in [0.15, 0.2) is 59.7 Å². The number of rotatable bonds is 7. The van der Waals surface area contributed by atoms with E-state index in [0.29, 0.717) is 23.7 Å². The van der Waals surface area contributed by atoms with E-state index in [1.807, 2.05) is 39.0 Å². The third-order valence-corrected chi connectivity index (χ3v) is 7.88. The first kappa shape index (κ1) is 30.2. The molecule has 5 rings (SSSR count). The number of nitrogens with zero attached hydrogens (tertiary/aromatic N) is 4. The minimum atomic E-state index is -1.24. The zero-order chi connectivity index (χ0) is 30.9. The molecule has 2 aromatic carbocycles. The predicted molar refractivity (Wildman–Crippen MR) is 161 cm³/mol. The number of carbonyl (C=O) groups is 4. The number of carbonyl (C=O) groups excluding carboxylic acids is 3. The summed E-state index contributed by atoms with van der Waals surface area (Å²) < 4.78 is 10.6. The lowest BCUT2D eigenvalue weighted by molar-refractivity contribution is -0.136. The van der Waals surface area contributed by atoms with Crippen LogP contribution >= 0.6 is 23.1 Å². The van der Waals surface area contributed by atoms with Gasteiger partial charge in [-0.15, -0.1) is 0 Å². The lowest BCUT2D eigenvalue weighted by Crippen LogP contribution is -2.55. The van der Waals surface area contributed by atoms with Gasteiger partial charge >= 0.3 is 12.0 Å². The number of ketones is 1. The van der Waals surface area contributed by atoms with Gasteiger partial charge in [-0.05, 0) is 68.2 Å². The Morgan fingerprint density at radius 1 is 1.14 bits per heavy atom. The number of urea groups is 1. The first-order valence-electron chi connectivity index (χ1n) is 13.6. The molecular formula is C30H30ClN5O6S. The molecular weight excluding hydrogens is 594 g/mol. The molecule has 2 N–H and O–H groups in total. The summed E-state index contributed by atoms with van der Waals surface area (Å²) in [4.78, 5) is 59.6. The fourth-order valence-corrected chi connectivity index (χ4v) is 5.80. The van der Waals surface area contributed by atoms with Crippen LogP contribution in [0.4, 0.5) is 4.79 Å². The van der Waals surface area contributed by atoms with Crippen LogP contribution in [0.5, 0.6) is 5.75 Å². The summed E-state index contributed by atoms with van der Waals surface area (Å²) in [6.07, 6.45) is 0.994. The molecule has 43 heavy (non-hydrogen) atoms. The minimum Gasteiger partial charge on any atom is -0.487 e. The number of halogens is 1. The van der Waals surface area contributed by atoms with Crippen molar-refractivity contribution in [2.75, 3.05) is 19.6 Å². The quantitative estimate of drug-likeness (QED) is 0.286. The zero-order valence-electron chi connectivity index (χ0n) is 23.7. The van der Waals surface area contributed by atoms with Crippen LogP contribution in [-0.4, -0.2) is 74.0 Å². The summed E-state index contributed by atoms with van der Waals surface area (Å²) in [7, 11) is 0. The largest absolute Gasteiger partial charge is 0.487 e. The summed E-state index contributed by atoms with van der Waals surface area (Å²) >= 11 is 7.48. The molecule has 1 aromatic heterocycles. The molecule has 3 heterocycles. The Labute approximate surface area is 257 Å². The van der Waals surface area contributed by atoms with E-state index in [1.54, 1.807) is 29.3 Å². The summed E-state index contributed by atoms with van der Waals surface area (Å²) in [5.41, 5.74) is 0.641. The molecule has 2 unspecified atom stereocenters. The van der Waals surface area contributed by atoms with Gasteiger partial charge in [-0.3, -0.25) is 24.3 Å². The van der Waals surface area contributed by atoms with E-state index in [2.05, 4.69) is 9.69 Å². The molecule has 13 heteroatoms. The van der Waals surface area contributed by atoms with Crippen LogP contribution in [-0.2, 0) is 9.59 Å². The highest BCUT2D eigenvalue weighted by Crippen LogP contribution is 2.46. The van der Waals surface area contributed by atoms with Crippen molar-refractivity contribution < 1.29 is 29.0 Å². The van der Waals surface area contributed by atoms with Crippen LogP contribution in [0.25, 0.3) is 0 Å². The highest BCUT2D eigenvalue weighted by molar-refractivity contribution is 7.05. The average Bonchev–Trinajstić information content (AvgIpc) is 3.60. The molecule has 0 spiro atoms. The number of nitrogens with one attached hydrogen (secondary N) is 1. The van der Waals surface area contributed by atoms with Crippen molar-refractivity contribution in [3.8, 4) is 5.75 Å². The number of Topliss-reactive ketones (excluding diaryl/α,β-unsaturated/α-hetero) is 1. The van der Waals surface area contributed by atoms with Crippen LogP contribution in [0, 0.1) is 0 Å². The molecule has 1 saturated heterocycles. The summed E-state index contributed by atoms with van der Waals surface area (Å²) in [5, 5.41) is 12.5. The fourth-order valence-electron chi connectivity index (χ4n) is 5.02. The van der Waals surface area contributed by atoms with Gasteiger partial charge < -0.3 is 20.1 Å². The molecule has 2 atom stereocenters. The van der Waals surface area contributed by atoms with Crippen molar-refractivity contribution in [1.82, 2.24) is 19.5 Å². The number of hydrogen-bond acceptors (Lipinski definition) is 8. The molecule has 224 valence electrons. The van der Waals surface area contributed by atoms with E-state index in [9.17, 15) is 24.3 Å². The first-order valence-corrected chi connectivity index (χ1v) is 14.7. The number of carboxylic acid groups (broad SMARTS) is 1. The lowest BCUT2D eigenvalue weighted by Gasteiger charge is -2.36. The van der Waals surface area contributed by atoms with Crippen LogP contribution in [0.2, 0.25) is 5.02 Å². The van der Waals surface area contributed by atoms with Crippen molar-refractivity contribution in [3.05, 3.63) is 81.3 Å². The molecule has 2 aliphatic heterocycles. The standard InChI is InChI=1S/C30H30ClN5O6S/c1-30(2,3)42-22-14-18(21(37)15-25(39)40)6-9-20(22)28-34-26(23-10-11-33-43-23)27(17-4-7-19(31)8-5-17)36(28)29(41)35-13-12-32-24(38)16-35/h4-11,14,26-27H,12-13,15-16H2,1-3H3,(H,32,38)(H,39,40). The van der Waals surface area contributed by atoms with Gasteiger partial charge in [0.05, 0.1) is 16.5 Å². The maximum atomic E-state index is 14.4. The molecule has 0 radical (unpaired) electrons. The normalized spacial score (nSPS) is 18.7. The molecule has 11 nitrogen and oxygen atoms in total. The molecule has 2 aliphatic rings. The third-order valence-electron chi connectivity index (χ3n) is 6.81. The number of ether oxygens (including phenoxy) is 1. The highest BCUT2D eigenvalue weighted by Gasteiger charge is 2.45. The molecule has 3 aromatic rings. The minimum absolute atomic E-state index is 0.116. The van der Waals surface area contributed by atoms with Gasteiger partial charge in [-0.2, -0.15) is 0 Å². The Balaban J connectivity index is 1.69. The van der Waals surface area contributed by atoms with Gasteiger partial charge in [0.2, 0.25) is 5.91 Å². The summed E-state index contributed by atoms with van der Waals surface area (Å²) in [6, 6.07) is 12.0. The number of carboxylic acids is 1. The second-order valence-electron chi connectivity index (χ2n) is 11.2. The summed E-state index contributed by atoms with van der Waals surface area (Å²) in [6.45, 7) is 6.02. The number of aliphatic imine (C=N–C) groups is 1. The summed E-state index contributed by atoms with van der Waals surface area (Å²) in [5.74, 6) is -1.55. The van der Waals surface area contributed by atoms with E-state index in [-0.39, 0.29) is 29.6 Å². The Hall–Kier alpha value is -4.29. The van der Waals surface area contributed by atoms with Gasteiger partial charge in [0.25, 0.3) is 0 Å². The van der Waals surface area contributed by atoms with Gasteiger partial charge in [0, 0.05) is 29.9 Å². The first-order chi connectivity index (χ1) is 20.4. The lowest BCUT2D eigenvalue weighted by atomic mass is 9.97. The maximum absolute atomic E-state index is 14.4. The van der Waals surface area contributed by atoms with Crippen molar-refractivity contribution in [1.29, 1.82) is 0 Å². The molecule has 0 saturated carbocycles. The third kappa shape index (κ3) is 6.70. The number of aromatic nitrogens is 1. The van der Waals surface area contributed by atoms with E-state index in [1.165, 1.54) is 28.6 Å². The van der Waals surface area contributed by atoms with E-state index in [4.69, 9.17) is 21.3 Å². The monoisotopic (exact) mass is 623 g/mol. The van der Waals surface area contributed by atoms with E-state index >= 15 is 0 Å². The SMILES string of the molecule is CC(C)(C)Oc1cc(C(=O)CC(=O)O)ccc1C1=NC(c2ccns2)C(c2ccc(Cl)cc2)N1C(=O)N1CCNC(=O)C1. The van der Waals surface area contributed by atoms with Crippen molar-refractivity contribution in [2.45, 2.75) is 44.9 Å². The Morgan fingerprint density at radius 3 is 2.51 bits per heavy atom. The van der Waals surface area contributed by atoms with E-state index < -0.39 is 41.9 Å². The second-order valence-corrected chi connectivity index (χ2v) is 12.5. The molecule has 1 fully saturated rings. The number of amides is 3. The Kier molecular flexibility index (Phi) is 8.52. The zero-order valence-corrected chi connectivity index (χ0v) is 25.3. The average molecular weight is 624 g/mol. The number of piperazine rings is 1. The van der Waals surface area contributed by atoms with Crippen molar-refractivity contribution >= 4 is 52.7 Å². The highest BCUT2D eigenvalue weighted by atomic mass is 35.5. The second kappa shape index (κ2) is 12.1. The van der Waals surface area contributed by atoms with Crippen LogP contribution < -0.4 is 10.1 Å². The molecule has 0 aliphatic carbocycles. The van der Waals surface area contributed by atoms with Crippen molar-refractivity contribution in [2.24, 2.45) is 4.99 Å². The number of aliphatic carboxylic acids is 1. The number of benzene rings is 2. The van der Waals surface area contributed by atoms with E-state index in [0.717, 1.165) is 10.4 Å². The molecule has 3 amide bonds. The van der Waals surface area contributed by atoms with Gasteiger partial charge in [-0.1, -0.05) is 29.8 Å². The molecule has 0 bridgehead atoms. The van der Waals surface area contributed by atoms with Gasteiger partial charge in [0.1, 0.15) is 36.2 Å². The van der Waals surface area contributed by atoms with Crippen molar-refractivity contribution in [3.63, 3.8) is 0 Å². The number of hydrogen-bond donors (Lipinski definition) is 2. The van der Waals surface area contributed by atoms with Gasteiger partial charge in [0.15, 0.2) is 5.78 Å².